The minimum atomic E-state index is -0.0377. The average molecular weight is 491 g/mol. The average Bonchev–Trinajstić information content (AvgIpc) is 2.92. The summed E-state index contributed by atoms with van der Waals surface area (Å²) < 4.78 is 11.0. The Kier molecular flexibility index (Phi) is 8.72. The molecular formula is C29H34N2O3S. The Morgan fingerprint density at radius 3 is 2.46 bits per heavy atom. The number of hydrogen-bond donors (Lipinski definition) is 1. The number of ether oxygens (including phenoxy) is 2. The predicted molar refractivity (Wildman–Crippen MR) is 143 cm³/mol. The minimum Gasteiger partial charge on any atom is -0.497 e. The molecule has 184 valence electrons. The molecule has 1 amide bonds. The number of thioether (sulfide) groups is 1. The van der Waals surface area contributed by atoms with Crippen LogP contribution < -0.4 is 14.8 Å². The van der Waals surface area contributed by atoms with Gasteiger partial charge in [0.05, 0.1) is 14.2 Å². The Balaban J connectivity index is 1.31. The summed E-state index contributed by atoms with van der Waals surface area (Å²) in [6.45, 7) is 3.47. The zero-order valence-corrected chi connectivity index (χ0v) is 21.6. The molecule has 1 aliphatic rings. The van der Waals surface area contributed by atoms with Crippen molar-refractivity contribution >= 4 is 17.7 Å². The Morgan fingerprint density at radius 2 is 1.77 bits per heavy atom. The van der Waals surface area contributed by atoms with Gasteiger partial charge in [0.25, 0.3) is 5.91 Å². The normalized spacial score (nSPS) is 14.5. The third-order valence-electron chi connectivity index (χ3n) is 6.70. The van der Waals surface area contributed by atoms with E-state index in [0.717, 1.165) is 60.0 Å². The fraction of sp³-hybridized carbons (Fsp3) is 0.345. The van der Waals surface area contributed by atoms with Crippen LogP contribution in [0, 0.1) is 0 Å². The van der Waals surface area contributed by atoms with Crippen molar-refractivity contribution in [1.29, 1.82) is 0 Å². The van der Waals surface area contributed by atoms with Crippen molar-refractivity contribution in [2.24, 2.45) is 0 Å². The summed E-state index contributed by atoms with van der Waals surface area (Å²) in [6.07, 6.45) is 4.26. The molecule has 0 bridgehead atoms. The van der Waals surface area contributed by atoms with Crippen LogP contribution in [0.1, 0.15) is 45.8 Å². The van der Waals surface area contributed by atoms with E-state index in [0.29, 0.717) is 18.0 Å². The number of piperidine rings is 1. The highest BCUT2D eigenvalue weighted by molar-refractivity contribution is 7.98. The monoisotopic (exact) mass is 490 g/mol. The Bertz CT molecular complexity index is 1130. The lowest BCUT2D eigenvalue weighted by molar-refractivity contribution is 0.0951. The third-order valence-corrected chi connectivity index (χ3v) is 7.44. The number of carbonyl (C=O) groups is 1. The summed E-state index contributed by atoms with van der Waals surface area (Å²) in [5.74, 6) is 2.26. The molecule has 35 heavy (non-hydrogen) atoms. The standard InChI is InChI=1S/C29H34N2O3S/c1-33-26-9-12-28(34-2)25(18-26)20-31-15-13-22(14-16-31)24-6-4-5-21(17-24)19-30-29(32)23-7-10-27(35-3)11-8-23/h4-12,17-18,22H,13-16,19-20H2,1-3H3,(H,30,32). The molecule has 0 atom stereocenters. The molecule has 3 aromatic rings. The number of benzene rings is 3. The van der Waals surface area contributed by atoms with Crippen LogP contribution >= 0.6 is 11.8 Å². The predicted octanol–water partition coefficient (Wildman–Crippen LogP) is 5.74. The number of nitrogens with zero attached hydrogens (tertiary/aromatic N) is 1. The first-order chi connectivity index (χ1) is 17.1. The van der Waals surface area contributed by atoms with Crippen LogP contribution in [0.15, 0.2) is 71.6 Å². The van der Waals surface area contributed by atoms with E-state index in [1.54, 1.807) is 26.0 Å². The van der Waals surface area contributed by atoms with Crippen LogP contribution in [0.2, 0.25) is 0 Å². The SMILES string of the molecule is COc1ccc(OC)c(CN2CCC(c3cccc(CNC(=O)c4ccc(SC)cc4)c3)CC2)c1. The highest BCUT2D eigenvalue weighted by atomic mass is 32.2. The number of nitrogens with one attached hydrogen (secondary N) is 1. The van der Waals surface area contributed by atoms with Gasteiger partial charge in [-0.3, -0.25) is 9.69 Å². The lowest BCUT2D eigenvalue weighted by Gasteiger charge is -2.32. The Morgan fingerprint density at radius 1 is 1.00 bits per heavy atom. The summed E-state index contributed by atoms with van der Waals surface area (Å²) >= 11 is 1.67. The molecule has 3 aromatic carbocycles. The molecule has 0 aliphatic carbocycles. The molecule has 0 saturated carbocycles. The molecule has 0 aromatic heterocycles. The maximum absolute atomic E-state index is 12.5. The van der Waals surface area contributed by atoms with Crippen LogP contribution in [-0.2, 0) is 13.1 Å². The van der Waals surface area contributed by atoms with Gasteiger partial charge in [-0.1, -0.05) is 24.3 Å². The van der Waals surface area contributed by atoms with Gasteiger partial charge >= 0.3 is 0 Å². The zero-order chi connectivity index (χ0) is 24.6. The second kappa shape index (κ2) is 12.1. The number of hydrogen-bond acceptors (Lipinski definition) is 5. The molecule has 0 unspecified atom stereocenters. The van der Waals surface area contributed by atoms with Gasteiger partial charge in [-0.15, -0.1) is 11.8 Å². The summed E-state index contributed by atoms with van der Waals surface area (Å²) in [5.41, 5.74) is 4.35. The summed E-state index contributed by atoms with van der Waals surface area (Å²) in [4.78, 5) is 16.2. The van der Waals surface area contributed by atoms with E-state index in [1.165, 1.54) is 5.56 Å². The molecule has 1 fully saturated rings. The molecule has 1 N–H and O–H groups in total. The van der Waals surface area contributed by atoms with Crippen LogP contribution in [0.3, 0.4) is 0 Å². The van der Waals surface area contributed by atoms with Crippen LogP contribution in [0.25, 0.3) is 0 Å². The first-order valence-corrected chi connectivity index (χ1v) is 13.3. The van der Waals surface area contributed by atoms with Gasteiger partial charge in [-0.2, -0.15) is 0 Å². The largest absolute Gasteiger partial charge is 0.497 e. The molecule has 1 aliphatic heterocycles. The number of methoxy groups -OCH3 is 2. The first kappa shape index (κ1) is 25.1. The van der Waals surface area contributed by atoms with Gasteiger partial charge in [-0.05, 0) is 91.7 Å². The molecular weight excluding hydrogens is 456 g/mol. The lowest BCUT2D eigenvalue weighted by Crippen LogP contribution is -2.32. The molecule has 0 spiro atoms. The van der Waals surface area contributed by atoms with Crippen LogP contribution in [0.5, 0.6) is 11.5 Å². The highest BCUT2D eigenvalue weighted by Crippen LogP contribution is 2.31. The summed E-state index contributed by atoms with van der Waals surface area (Å²) in [5, 5.41) is 3.06. The quantitative estimate of drug-likeness (QED) is 0.388. The van der Waals surface area contributed by atoms with E-state index in [1.807, 2.05) is 42.7 Å². The van der Waals surface area contributed by atoms with Gasteiger partial charge in [0.15, 0.2) is 0 Å². The fourth-order valence-electron chi connectivity index (χ4n) is 4.65. The van der Waals surface area contributed by atoms with E-state index in [4.69, 9.17) is 9.47 Å². The van der Waals surface area contributed by atoms with Crippen molar-refractivity contribution in [3.05, 3.63) is 89.0 Å². The molecule has 4 rings (SSSR count). The maximum Gasteiger partial charge on any atom is 0.251 e. The van der Waals surface area contributed by atoms with Gasteiger partial charge in [0, 0.05) is 29.1 Å². The molecule has 5 nitrogen and oxygen atoms in total. The number of amides is 1. The summed E-state index contributed by atoms with van der Waals surface area (Å²) in [7, 11) is 3.41. The van der Waals surface area contributed by atoms with Crippen LogP contribution in [0.4, 0.5) is 0 Å². The first-order valence-electron chi connectivity index (χ1n) is 12.0. The molecule has 1 heterocycles. The van der Waals surface area contributed by atoms with Crippen molar-refractivity contribution in [3.63, 3.8) is 0 Å². The fourth-order valence-corrected chi connectivity index (χ4v) is 5.06. The molecule has 0 radical (unpaired) electrons. The maximum atomic E-state index is 12.5. The van der Waals surface area contributed by atoms with E-state index < -0.39 is 0 Å². The Hall–Kier alpha value is -2.96. The van der Waals surface area contributed by atoms with Crippen molar-refractivity contribution in [3.8, 4) is 11.5 Å². The van der Waals surface area contributed by atoms with Crippen molar-refractivity contribution in [2.75, 3.05) is 33.6 Å². The highest BCUT2D eigenvalue weighted by Gasteiger charge is 2.22. The van der Waals surface area contributed by atoms with Gasteiger partial charge in [0.1, 0.15) is 11.5 Å². The number of likely N-dealkylation sites (tertiary alicyclic amines) is 1. The van der Waals surface area contributed by atoms with Gasteiger partial charge in [0.2, 0.25) is 0 Å². The topological polar surface area (TPSA) is 50.8 Å². The van der Waals surface area contributed by atoms with E-state index in [9.17, 15) is 4.79 Å². The number of carbonyl (C=O) groups excluding carboxylic acids is 1. The van der Waals surface area contributed by atoms with Gasteiger partial charge < -0.3 is 14.8 Å². The Labute approximate surface area is 212 Å². The third kappa shape index (κ3) is 6.59. The zero-order valence-electron chi connectivity index (χ0n) is 20.8. The van der Waals surface area contributed by atoms with Crippen molar-refractivity contribution in [1.82, 2.24) is 10.2 Å². The van der Waals surface area contributed by atoms with Crippen molar-refractivity contribution in [2.45, 2.75) is 36.7 Å². The smallest absolute Gasteiger partial charge is 0.251 e. The van der Waals surface area contributed by atoms with Gasteiger partial charge in [-0.25, -0.2) is 0 Å². The second-order valence-electron chi connectivity index (χ2n) is 8.88. The minimum absolute atomic E-state index is 0.0377. The molecule has 6 heteroatoms. The van der Waals surface area contributed by atoms with E-state index in [2.05, 4.69) is 40.5 Å². The second-order valence-corrected chi connectivity index (χ2v) is 9.76. The van der Waals surface area contributed by atoms with E-state index >= 15 is 0 Å². The van der Waals surface area contributed by atoms with Crippen molar-refractivity contribution < 1.29 is 14.3 Å². The van der Waals surface area contributed by atoms with Crippen LogP contribution in [-0.4, -0.2) is 44.4 Å². The number of rotatable bonds is 9. The molecule has 1 saturated heterocycles. The van der Waals surface area contributed by atoms with E-state index in [-0.39, 0.29) is 5.91 Å². The lowest BCUT2D eigenvalue weighted by atomic mass is 9.88. The summed E-state index contributed by atoms with van der Waals surface area (Å²) in [6, 6.07) is 22.4.